The summed E-state index contributed by atoms with van der Waals surface area (Å²) < 4.78 is 8.35. The highest BCUT2D eigenvalue weighted by Crippen LogP contribution is 2.10. The lowest BCUT2D eigenvalue weighted by Crippen LogP contribution is -2.42. The summed E-state index contributed by atoms with van der Waals surface area (Å²) in [6.07, 6.45) is 1.41. The highest BCUT2D eigenvalue weighted by molar-refractivity contribution is 5.81. The summed E-state index contributed by atoms with van der Waals surface area (Å²) in [4.78, 5) is 53.1. The van der Waals surface area contributed by atoms with E-state index in [0.29, 0.717) is 0 Å². The minimum absolute atomic E-state index is 0.189. The molecule has 1 atom stereocenters. The van der Waals surface area contributed by atoms with Crippen LogP contribution in [0.25, 0.3) is 11.2 Å². The van der Waals surface area contributed by atoms with Crippen molar-refractivity contribution in [2.24, 2.45) is 14.1 Å². The molecular formula is C19H21N5O5. The first-order chi connectivity index (χ1) is 13.8. The molecule has 1 N–H and O–H groups in total. The van der Waals surface area contributed by atoms with Gasteiger partial charge < -0.3 is 14.6 Å². The van der Waals surface area contributed by atoms with Crippen LogP contribution >= 0.6 is 0 Å². The van der Waals surface area contributed by atoms with Crippen LogP contribution in [0.2, 0.25) is 0 Å². The molecule has 0 bridgehead atoms. The number of carbonyl (C=O) groups excluding carboxylic acids is 2. The monoisotopic (exact) mass is 399 g/mol. The van der Waals surface area contributed by atoms with Crippen LogP contribution in [0.3, 0.4) is 0 Å². The van der Waals surface area contributed by atoms with Crippen molar-refractivity contribution >= 4 is 23.0 Å². The maximum absolute atomic E-state index is 12.6. The third-order valence-electron chi connectivity index (χ3n) is 4.53. The van der Waals surface area contributed by atoms with Gasteiger partial charge in [0, 0.05) is 14.1 Å². The molecule has 0 saturated carbocycles. The van der Waals surface area contributed by atoms with Gasteiger partial charge in [-0.15, -0.1) is 0 Å². The Labute approximate surface area is 165 Å². The molecule has 0 saturated heterocycles. The number of carbonyl (C=O) groups is 2. The predicted molar refractivity (Wildman–Crippen MR) is 104 cm³/mol. The Hall–Kier alpha value is -3.69. The molecule has 3 aromatic rings. The van der Waals surface area contributed by atoms with Gasteiger partial charge in [-0.1, -0.05) is 30.3 Å². The van der Waals surface area contributed by atoms with Crippen molar-refractivity contribution in [1.82, 2.24) is 24.0 Å². The van der Waals surface area contributed by atoms with E-state index in [1.807, 2.05) is 30.3 Å². The molecule has 1 aromatic carbocycles. The molecule has 0 spiro atoms. The van der Waals surface area contributed by atoms with Gasteiger partial charge in [-0.25, -0.2) is 14.3 Å². The average Bonchev–Trinajstić information content (AvgIpc) is 3.10. The molecule has 2 aromatic heterocycles. The van der Waals surface area contributed by atoms with Gasteiger partial charge in [-0.2, -0.15) is 0 Å². The number of hydrogen-bond acceptors (Lipinski definition) is 6. The summed E-state index contributed by atoms with van der Waals surface area (Å²) in [5.74, 6) is -1.36. The van der Waals surface area contributed by atoms with Gasteiger partial charge in [0.1, 0.15) is 6.54 Å². The van der Waals surface area contributed by atoms with Crippen molar-refractivity contribution in [3.63, 3.8) is 0 Å². The Morgan fingerprint density at radius 3 is 2.55 bits per heavy atom. The van der Waals surface area contributed by atoms with E-state index in [4.69, 9.17) is 4.74 Å². The quantitative estimate of drug-likeness (QED) is 0.577. The molecule has 1 unspecified atom stereocenters. The van der Waals surface area contributed by atoms with Gasteiger partial charge >= 0.3 is 11.7 Å². The summed E-state index contributed by atoms with van der Waals surface area (Å²) in [5, 5.41) is 2.71. The molecule has 152 valence electrons. The van der Waals surface area contributed by atoms with Crippen molar-refractivity contribution in [3.05, 3.63) is 63.1 Å². The number of esters is 1. The Balaban J connectivity index is 1.66. The molecule has 0 fully saturated rings. The summed E-state index contributed by atoms with van der Waals surface area (Å²) in [6, 6.07) is 9.06. The number of benzene rings is 1. The summed E-state index contributed by atoms with van der Waals surface area (Å²) in [7, 11) is 3.07. The average molecular weight is 399 g/mol. The van der Waals surface area contributed by atoms with Crippen molar-refractivity contribution < 1.29 is 14.3 Å². The Kier molecular flexibility index (Phi) is 5.62. The zero-order valence-electron chi connectivity index (χ0n) is 16.3. The fourth-order valence-corrected chi connectivity index (χ4v) is 2.96. The van der Waals surface area contributed by atoms with Crippen LogP contribution in [0.15, 0.2) is 46.2 Å². The molecule has 0 radical (unpaired) electrons. The first-order valence-corrected chi connectivity index (χ1v) is 8.90. The number of aryl methyl sites for hydroxylation is 2. The molecule has 1 amide bonds. The zero-order chi connectivity index (χ0) is 21.1. The second-order valence-corrected chi connectivity index (χ2v) is 6.62. The number of rotatable bonds is 6. The van der Waals surface area contributed by atoms with Gasteiger partial charge in [0.05, 0.1) is 12.4 Å². The fraction of sp³-hybridized carbons (Fsp3) is 0.316. The number of fused-ring (bicyclic) bond motifs is 1. The molecule has 0 aliphatic rings. The lowest BCUT2D eigenvalue weighted by molar-refractivity contribution is -0.149. The number of nitrogens with one attached hydrogen (secondary N) is 1. The Morgan fingerprint density at radius 2 is 1.86 bits per heavy atom. The lowest BCUT2D eigenvalue weighted by Gasteiger charge is -2.14. The number of hydrogen-bond donors (Lipinski definition) is 1. The van der Waals surface area contributed by atoms with E-state index in [-0.39, 0.29) is 17.2 Å². The van der Waals surface area contributed by atoms with E-state index in [9.17, 15) is 19.2 Å². The Morgan fingerprint density at radius 1 is 1.17 bits per heavy atom. The minimum atomic E-state index is -0.867. The Bertz CT molecular complexity index is 1180. The topological polar surface area (TPSA) is 117 Å². The fourth-order valence-electron chi connectivity index (χ4n) is 2.96. The van der Waals surface area contributed by atoms with Crippen LogP contribution in [0.4, 0.5) is 0 Å². The number of imidazole rings is 1. The number of nitrogens with zero attached hydrogens (tertiary/aromatic N) is 4. The second kappa shape index (κ2) is 8.13. The van der Waals surface area contributed by atoms with Gasteiger partial charge in [0.25, 0.3) is 11.5 Å². The second-order valence-electron chi connectivity index (χ2n) is 6.62. The van der Waals surface area contributed by atoms with E-state index < -0.39 is 36.3 Å². The molecule has 2 heterocycles. The minimum Gasteiger partial charge on any atom is -0.454 e. The van der Waals surface area contributed by atoms with Crippen molar-refractivity contribution in [2.45, 2.75) is 19.5 Å². The molecule has 10 heteroatoms. The van der Waals surface area contributed by atoms with E-state index in [1.165, 1.54) is 22.5 Å². The number of ether oxygens (including phenoxy) is 1. The van der Waals surface area contributed by atoms with Gasteiger partial charge in [-0.05, 0) is 12.5 Å². The van der Waals surface area contributed by atoms with E-state index in [2.05, 4.69) is 10.3 Å². The third-order valence-corrected chi connectivity index (χ3v) is 4.53. The molecule has 0 aliphatic heterocycles. The van der Waals surface area contributed by atoms with E-state index in [1.54, 1.807) is 14.0 Å². The van der Waals surface area contributed by atoms with Crippen molar-refractivity contribution in [1.29, 1.82) is 0 Å². The molecule has 10 nitrogen and oxygen atoms in total. The SMILES string of the molecule is CC(NC(=O)COC(=O)Cn1c(=O)c2c(ncn2C)n(C)c1=O)c1ccccc1. The number of aromatic nitrogens is 4. The van der Waals surface area contributed by atoms with Crippen LogP contribution in [-0.2, 0) is 35.0 Å². The van der Waals surface area contributed by atoms with Crippen LogP contribution in [0, 0.1) is 0 Å². The maximum atomic E-state index is 12.6. The van der Waals surface area contributed by atoms with Crippen molar-refractivity contribution in [2.75, 3.05) is 6.61 Å². The van der Waals surface area contributed by atoms with Crippen LogP contribution in [0.5, 0.6) is 0 Å². The summed E-state index contributed by atoms with van der Waals surface area (Å²) in [5.41, 5.74) is -0.0232. The lowest BCUT2D eigenvalue weighted by atomic mass is 10.1. The van der Waals surface area contributed by atoms with Crippen LogP contribution < -0.4 is 16.6 Å². The summed E-state index contributed by atoms with van der Waals surface area (Å²) >= 11 is 0. The third kappa shape index (κ3) is 4.10. The maximum Gasteiger partial charge on any atom is 0.333 e. The first kappa shape index (κ1) is 20.1. The van der Waals surface area contributed by atoms with E-state index in [0.717, 1.165) is 10.1 Å². The van der Waals surface area contributed by atoms with Gasteiger partial charge in [0.15, 0.2) is 17.8 Å². The molecular weight excluding hydrogens is 378 g/mol. The number of amides is 1. The molecule has 0 aliphatic carbocycles. The standard InChI is InChI=1S/C19H21N5O5/c1-12(13-7-5-4-6-8-13)21-14(25)10-29-15(26)9-24-18(27)16-17(20-11-22(16)2)23(3)19(24)28/h4-8,11-12H,9-10H2,1-3H3,(H,21,25). The van der Waals surface area contributed by atoms with Crippen LogP contribution in [0.1, 0.15) is 18.5 Å². The first-order valence-electron chi connectivity index (χ1n) is 8.90. The largest absolute Gasteiger partial charge is 0.454 e. The highest BCUT2D eigenvalue weighted by atomic mass is 16.5. The zero-order valence-corrected chi connectivity index (χ0v) is 16.3. The summed E-state index contributed by atoms with van der Waals surface area (Å²) in [6.45, 7) is 0.689. The van der Waals surface area contributed by atoms with Gasteiger partial charge in [-0.3, -0.25) is 19.0 Å². The predicted octanol–water partition coefficient (Wildman–Crippen LogP) is -0.146. The molecule has 29 heavy (non-hydrogen) atoms. The molecule has 3 rings (SSSR count). The smallest absolute Gasteiger partial charge is 0.333 e. The van der Waals surface area contributed by atoms with E-state index >= 15 is 0 Å². The highest BCUT2D eigenvalue weighted by Gasteiger charge is 2.18. The normalized spacial score (nSPS) is 12.0. The van der Waals surface area contributed by atoms with Crippen LogP contribution in [-0.4, -0.2) is 37.2 Å². The van der Waals surface area contributed by atoms with Crippen molar-refractivity contribution in [3.8, 4) is 0 Å². The van der Waals surface area contributed by atoms with Gasteiger partial charge in [0.2, 0.25) is 0 Å².